The molecule has 0 fully saturated rings. The number of aromatic nitrogens is 1. The molecule has 0 saturated heterocycles. The molecule has 0 aliphatic heterocycles. The van der Waals surface area contributed by atoms with Crippen LogP contribution in [0, 0.1) is 0 Å². The Morgan fingerprint density at radius 2 is 2.14 bits per heavy atom. The van der Waals surface area contributed by atoms with Gasteiger partial charge in [-0.25, -0.2) is 4.79 Å². The summed E-state index contributed by atoms with van der Waals surface area (Å²) in [6, 6.07) is 1.56. The minimum Gasteiger partial charge on any atom is -0.456 e. The minimum atomic E-state index is -0.518. The molecule has 0 N–H and O–H groups in total. The quantitative estimate of drug-likeness (QED) is 0.674. The van der Waals surface area contributed by atoms with Crippen LogP contribution in [0.4, 0.5) is 0 Å². The number of nitrogens with zero attached hydrogens (tertiary/aromatic N) is 1. The van der Waals surface area contributed by atoms with Crippen LogP contribution in [0.1, 0.15) is 31.1 Å². The van der Waals surface area contributed by atoms with Crippen LogP contribution in [0.15, 0.2) is 18.5 Å². The third-order valence-corrected chi connectivity index (χ3v) is 1.72. The van der Waals surface area contributed by atoms with Crippen LogP contribution < -0.4 is 0 Å². The fraction of sp³-hybridized carbons (Fsp3) is 0.400. The molecule has 0 bridgehead atoms. The minimum absolute atomic E-state index is 0.295. The van der Waals surface area contributed by atoms with E-state index in [2.05, 4.69) is 4.98 Å². The van der Waals surface area contributed by atoms with Crippen molar-refractivity contribution in [2.45, 2.75) is 26.4 Å². The summed E-state index contributed by atoms with van der Waals surface area (Å²) in [5.41, 5.74) is -0.222. The van der Waals surface area contributed by atoms with E-state index in [0.717, 1.165) is 0 Å². The molecular weight excluding hydrogens is 202 g/mol. The molecule has 0 saturated carbocycles. The van der Waals surface area contributed by atoms with Crippen molar-refractivity contribution in [1.82, 2.24) is 4.98 Å². The van der Waals surface area contributed by atoms with Crippen LogP contribution in [0.5, 0.6) is 0 Å². The molecule has 0 aromatic carbocycles. The zero-order valence-corrected chi connectivity index (χ0v) is 9.13. The summed E-state index contributed by atoms with van der Waals surface area (Å²) in [7, 11) is 0. The van der Waals surface area contributed by atoms with E-state index in [9.17, 15) is 4.79 Å². The molecule has 1 rings (SSSR count). The molecule has 0 unspecified atom stereocenters. The first-order valence-corrected chi connectivity index (χ1v) is 4.61. The van der Waals surface area contributed by atoms with E-state index in [-0.39, 0.29) is 0 Å². The molecule has 0 radical (unpaired) electrons. The third-order valence-electron chi connectivity index (χ3n) is 1.39. The molecule has 4 heteroatoms. The van der Waals surface area contributed by atoms with E-state index in [1.165, 1.54) is 12.4 Å². The largest absolute Gasteiger partial charge is 0.456 e. The number of carbonyl (C=O) groups is 1. The van der Waals surface area contributed by atoms with Crippen molar-refractivity contribution < 1.29 is 9.53 Å². The predicted molar refractivity (Wildman–Crippen MR) is 54.4 cm³/mol. The maximum atomic E-state index is 11.5. The highest BCUT2D eigenvalue weighted by Gasteiger charge is 2.19. The molecule has 0 aliphatic rings. The monoisotopic (exact) mass is 213 g/mol. The van der Waals surface area contributed by atoms with Crippen LogP contribution >= 0.6 is 11.6 Å². The Bertz CT molecular complexity index is 344. The van der Waals surface area contributed by atoms with Gasteiger partial charge in [0.2, 0.25) is 0 Å². The molecule has 1 aromatic heterocycles. The summed E-state index contributed by atoms with van der Waals surface area (Å²) in [5, 5.41) is 0.356. The van der Waals surface area contributed by atoms with Crippen molar-refractivity contribution in [3.05, 3.63) is 29.0 Å². The summed E-state index contributed by atoms with van der Waals surface area (Å²) in [4.78, 5) is 15.3. The van der Waals surface area contributed by atoms with Gasteiger partial charge in [0, 0.05) is 12.4 Å². The number of rotatable bonds is 1. The lowest BCUT2D eigenvalue weighted by Gasteiger charge is -2.19. The first kappa shape index (κ1) is 11.0. The van der Waals surface area contributed by atoms with Gasteiger partial charge in [0.1, 0.15) is 5.60 Å². The molecule has 0 aliphatic carbocycles. The molecule has 14 heavy (non-hydrogen) atoms. The Labute approximate surface area is 88.1 Å². The number of halogens is 1. The first-order valence-electron chi connectivity index (χ1n) is 4.23. The lowest BCUT2D eigenvalue weighted by Crippen LogP contribution is -2.24. The van der Waals surface area contributed by atoms with Gasteiger partial charge in [-0.2, -0.15) is 0 Å². The van der Waals surface area contributed by atoms with Gasteiger partial charge in [0.15, 0.2) is 0 Å². The van der Waals surface area contributed by atoms with Crippen molar-refractivity contribution in [2.24, 2.45) is 0 Å². The van der Waals surface area contributed by atoms with E-state index in [0.29, 0.717) is 10.6 Å². The predicted octanol–water partition coefficient (Wildman–Crippen LogP) is 2.69. The van der Waals surface area contributed by atoms with Crippen LogP contribution in [0.25, 0.3) is 0 Å². The van der Waals surface area contributed by atoms with Crippen LogP contribution in [0.3, 0.4) is 0 Å². The Morgan fingerprint density at radius 3 is 2.64 bits per heavy atom. The van der Waals surface area contributed by atoms with E-state index in [1.807, 2.05) is 0 Å². The average molecular weight is 214 g/mol. The number of esters is 1. The highest BCUT2D eigenvalue weighted by atomic mass is 35.5. The maximum Gasteiger partial charge on any atom is 0.341 e. The molecule has 0 amide bonds. The van der Waals surface area contributed by atoms with E-state index in [4.69, 9.17) is 16.3 Å². The SMILES string of the molecule is CC(C)(C)OC(=O)c1cnccc1Cl. The number of hydrogen-bond acceptors (Lipinski definition) is 3. The molecule has 0 spiro atoms. The summed E-state index contributed by atoms with van der Waals surface area (Å²) in [6.45, 7) is 5.40. The van der Waals surface area contributed by atoms with Crippen molar-refractivity contribution in [3.63, 3.8) is 0 Å². The molecule has 3 nitrogen and oxygen atoms in total. The Balaban J connectivity index is 2.86. The van der Waals surface area contributed by atoms with Crippen LogP contribution in [-0.2, 0) is 4.74 Å². The van der Waals surface area contributed by atoms with Crippen molar-refractivity contribution in [3.8, 4) is 0 Å². The summed E-state index contributed by atoms with van der Waals surface area (Å²) >= 11 is 5.81. The van der Waals surface area contributed by atoms with E-state index >= 15 is 0 Å². The Kier molecular flexibility index (Phi) is 3.11. The zero-order chi connectivity index (χ0) is 10.8. The second-order valence-electron chi connectivity index (χ2n) is 3.86. The summed E-state index contributed by atoms with van der Waals surface area (Å²) in [6.07, 6.45) is 2.92. The average Bonchev–Trinajstić information content (AvgIpc) is 2.01. The van der Waals surface area contributed by atoms with Crippen molar-refractivity contribution >= 4 is 17.6 Å². The van der Waals surface area contributed by atoms with Crippen molar-refractivity contribution in [2.75, 3.05) is 0 Å². The second-order valence-corrected chi connectivity index (χ2v) is 4.26. The van der Waals surface area contributed by atoms with E-state index in [1.54, 1.807) is 26.8 Å². The second kappa shape index (κ2) is 3.96. The molecular formula is C10H12ClNO2. The van der Waals surface area contributed by atoms with Gasteiger partial charge >= 0.3 is 5.97 Å². The van der Waals surface area contributed by atoms with Gasteiger partial charge < -0.3 is 4.74 Å². The highest BCUT2D eigenvalue weighted by Crippen LogP contribution is 2.17. The normalized spacial score (nSPS) is 11.1. The van der Waals surface area contributed by atoms with Gasteiger partial charge in [0.25, 0.3) is 0 Å². The lowest BCUT2D eigenvalue weighted by atomic mass is 10.2. The van der Waals surface area contributed by atoms with Crippen molar-refractivity contribution in [1.29, 1.82) is 0 Å². The van der Waals surface area contributed by atoms with Gasteiger partial charge in [-0.1, -0.05) is 11.6 Å². The fourth-order valence-electron chi connectivity index (χ4n) is 0.861. The summed E-state index contributed by atoms with van der Waals surface area (Å²) < 4.78 is 5.14. The third kappa shape index (κ3) is 3.00. The summed E-state index contributed by atoms with van der Waals surface area (Å²) in [5.74, 6) is -0.449. The standard InChI is InChI=1S/C10H12ClNO2/c1-10(2,3)14-9(13)7-6-12-5-4-8(7)11/h4-6H,1-3H3. The molecule has 0 atom stereocenters. The fourth-order valence-corrected chi connectivity index (χ4v) is 1.04. The van der Waals surface area contributed by atoms with E-state index < -0.39 is 11.6 Å². The number of carbonyl (C=O) groups excluding carboxylic acids is 1. The molecule has 1 heterocycles. The van der Waals surface area contributed by atoms with Gasteiger partial charge in [-0.3, -0.25) is 4.98 Å². The zero-order valence-electron chi connectivity index (χ0n) is 8.37. The number of hydrogen-bond donors (Lipinski definition) is 0. The van der Waals surface area contributed by atoms with Gasteiger partial charge in [-0.15, -0.1) is 0 Å². The number of pyridine rings is 1. The Hall–Kier alpha value is -1.09. The topological polar surface area (TPSA) is 39.2 Å². The molecule has 76 valence electrons. The smallest absolute Gasteiger partial charge is 0.341 e. The van der Waals surface area contributed by atoms with Crippen LogP contribution in [0.2, 0.25) is 5.02 Å². The van der Waals surface area contributed by atoms with Gasteiger partial charge in [0.05, 0.1) is 10.6 Å². The van der Waals surface area contributed by atoms with Gasteiger partial charge in [-0.05, 0) is 26.8 Å². The lowest BCUT2D eigenvalue weighted by molar-refractivity contribution is 0.00693. The first-order chi connectivity index (χ1) is 6.40. The maximum absolute atomic E-state index is 11.5. The highest BCUT2D eigenvalue weighted by molar-refractivity contribution is 6.33. The molecule has 1 aromatic rings. The Morgan fingerprint density at radius 1 is 1.50 bits per heavy atom. The number of ether oxygens (including phenoxy) is 1. The van der Waals surface area contributed by atoms with Crippen LogP contribution in [-0.4, -0.2) is 16.6 Å².